The van der Waals surface area contributed by atoms with Crippen LogP contribution in [-0.2, 0) is 9.47 Å². The number of amides is 2. The number of urea groups is 1. The first-order chi connectivity index (χ1) is 8.65. The smallest absolute Gasteiger partial charge is 0.321 e. The van der Waals surface area contributed by atoms with E-state index in [1.165, 1.54) is 0 Å². The molecule has 0 fully saturated rings. The van der Waals surface area contributed by atoms with Crippen LogP contribution in [0.15, 0.2) is 18.2 Å². The number of rotatable bonds is 6. The molecular formula is C12H17ClN2O3. The lowest BCUT2D eigenvalue weighted by Crippen LogP contribution is -2.31. The van der Waals surface area contributed by atoms with Gasteiger partial charge in [0, 0.05) is 17.8 Å². The van der Waals surface area contributed by atoms with E-state index in [-0.39, 0.29) is 12.8 Å². The summed E-state index contributed by atoms with van der Waals surface area (Å²) < 4.78 is 9.92. The number of halogens is 1. The molecule has 0 aliphatic rings. The Morgan fingerprint density at radius 3 is 2.89 bits per heavy atom. The van der Waals surface area contributed by atoms with E-state index in [0.717, 1.165) is 5.56 Å². The molecular weight excluding hydrogens is 256 g/mol. The van der Waals surface area contributed by atoms with Gasteiger partial charge < -0.3 is 20.1 Å². The van der Waals surface area contributed by atoms with Gasteiger partial charge in [0.25, 0.3) is 0 Å². The van der Waals surface area contributed by atoms with Crippen LogP contribution in [0.1, 0.15) is 5.56 Å². The van der Waals surface area contributed by atoms with Gasteiger partial charge in [-0.25, -0.2) is 4.79 Å². The highest BCUT2D eigenvalue weighted by atomic mass is 35.5. The Morgan fingerprint density at radius 1 is 1.39 bits per heavy atom. The summed E-state index contributed by atoms with van der Waals surface area (Å²) in [6, 6.07) is 5.00. The third kappa shape index (κ3) is 4.91. The van der Waals surface area contributed by atoms with Gasteiger partial charge in [0.15, 0.2) is 0 Å². The average molecular weight is 273 g/mol. The van der Waals surface area contributed by atoms with Crippen LogP contribution in [0.25, 0.3) is 0 Å². The van der Waals surface area contributed by atoms with Crippen molar-refractivity contribution in [2.75, 3.05) is 32.4 Å². The summed E-state index contributed by atoms with van der Waals surface area (Å²) in [5.74, 6) is 0. The molecule has 0 heterocycles. The van der Waals surface area contributed by atoms with Crippen molar-refractivity contribution in [3.8, 4) is 0 Å². The van der Waals surface area contributed by atoms with E-state index in [1.807, 2.05) is 6.92 Å². The van der Waals surface area contributed by atoms with E-state index in [0.29, 0.717) is 23.9 Å². The molecule has 5 nitrogen and oxygen atoms in total. The van der Waals surface area contributed by atoms with Gasteiger partial charge in [-0.2, -0.15) is 0 Å². The van der Waals surface area contributed by atoms with Crippen LogP contribution in [0.4, 0.5) is 10.5 Å². The number of methoxy groups -OCH3 is 1. The molecule has 0 saturated heterocycles. The minimum absolute atomic E-state index is 0.134. The predicted octanol–water partition coefficient (Wildman–Crippen LogP) is 2.39. The first kappa shape index (κ1) is 14.8. The monoisotopic (exact) mass is 272 g/mol. The molecule has 1 aromatic rings. The lowest BCUT2D eigenvalue weighted by Gasteiger charge is -2.10. The lowest BCUT2D eigenvalue weighted by atomic mass is 10.2. The van der Waals surface area contributed by atoms with Crippen molar-refractivity contribution in [2.24, 2.45) is 0 Å². The minimum Gasteiger partial charge on any atom is -0.382 e. The molecule has 0 aliphatic heterocycles. The maximum absolute atomic E-state index is 11.5. The summed E-state index contributed by atoms with van der Waals surface area (Å²) in [6.07, 6.45) is 0. The Hall–Kier alpha value is -1.30. The number of anilines is 1. The van der Waals surface area contributed by atoms with Crippen molar-refractivity contribution in [1.82, 2.24) is 5.32 Å². The molecule has 1 aromatic carbocycles. The zero-order valence-electron chi connectivity index (χ0n) is 10.5. The molecule has 0 atom stereocenters. The SMILES string of the molecule is COCCOCNC(=O)Nc1cccc(Cl)c1C. The van der Waals surface area contributed by atoms with Gasteiger partial charge in [0.05, 0.1) is 13.2 Å². The predicted molar refractivity (Wildman–Crippen MR) is 71.0 cm³/mol. The van der Waals surface area contributed by atoms with Crippen LogP contribution in [0.3, 0.4) is 0 Å². The fourth-order valence-corrected chi connectivity index (χ4v) is 1.41. The number of nitrogens with one attached hydrogen (secondary N) is 2. The summed E-state index contributed by atoms with van der Waals surface area (Å²) in [5.41, 5.74) is 1.51. The molecule has 0 unspecified atom stereocenters. The van der Waals surface area contributed by atoms with Crippen molar-refractivity contribution in [2.45, 2.75) is 6.92 Å². The zero-order chi connectivity index (χ0) is 13.4. The molecule has 2 N–H and O–H groups in total. The summed E-state index contributed by atoms with van der Waals surface area (Å²) in [7, 11) is 1.59. The fraction of sp³-hybridized carbons (Fsp3) is 0.417. The molecule has 6 heteroatoms. The second-order valence-corrected chi connectivity index (χ2v) is 4.00. The Balaban J connectivity index is 2.34. The van der Waals surface area contributed by atoms with Gasteiger partial charge in [-0.15, -0.1) is 0 Å². The van der Waals surface area contributed by atoms with Crippen molar-refractivity contribution in [3.63, 3.8) is 0 Å². The van der Waals surface area contributed by atoms with E-state index in [9.17, 15) is 4.79 Å². The highest BCUT2D eigenvalue weighted by Gasteiger charge is 2.05. The third-order valence-corrected chi connectivity index (χ3v) is 2.69. The molecule has 0 radical (unpaired) electrons. The van der Waals surface area contributed by atoms with Gasteiger partial charge in [-0.05, 0) is 24.6 Å². The highest BCUT2D eigenvalue weighted by Crippen LogP contribution is 2.22. The van der Waals surface area contributed by atoms with Gasteiger partial charge in [-0.3, -0.25) is 0 Å². The standard InChI is InChI=1S/C12H17ClN2O3/c1-9-10(13)4-3-5-11(9)15-12(16)14-8-18-7-6-17-2/h3-5H,6-8H2,1-2H3,(H2,14,15,16). The molecule has 0 saturated carbocycles. The van der Waals surface area contributed by atoms with Crippen molar-refractivity contribution < 1.29 is 14.3 Å². The van der Waals surface area contributed by atoms with Crippen LogP contribution < -0.4 is 10.6 Å². The quantitative estimate of drug-likeness (QED) is 0.617. The van der Waals surface area contributed by atoms with Crippen LogP contribution in [0.5, 0.6) is 0 Å². The average Bonchev–Trinajstić information content (AvgIpc) is 2.35. The lowest BCUT2D eigenvalue weighted by molar-refractivity contribution is 0.0650. The molecule has 0 spiro atoms. The summed E-state index contributed by atoms with van der Waals surface area (Å²) in [4.78, 5) is 11.5. The highest BCUT2D eigenvalue weighted by molar-refractivity contribution is 6.31. The third-order valence-electron chi connectivity index (χ3n) is 2.28. The molecule has 2 amide bonds. The van der Waals surface area contributed by atoms with Crippen molar-refractivity contribution in [1.29, 1.82) is 0 Å². The summed E-state index contributed by atoms with van der Waals surface area (Å²) in [5, 5.41) is 5.88. The van der Waals surface area contributed by atoms with E-state index in [4.69, 9.17) is 21.1 Å². The number of carbonyl (C=O) groups excluding carboxylic acids is 1. The zero-order valence-corrected chi connectivity index (χ0v) is 11.2. The van der Waals surface area contributed by atoms with Crippen molar-refractivity contribution in [3.05, 3.63) is 28.8 Å². The van der Waals surface area contributed by atoms with Gasteiger partial charge >= 0.3 is 6.03 Å². The second-order valence-electron chi connectivity index (χ2n) is 3.59. The summed E-state index contributed by atoms with van der Waals surface area (Å²) in [6.45, 7) is 2.91. The molecule has 1 rings (SSSR count). The van der Waals surface area contributed by atoms with E-state index in [1.54, 1.807) is 25.3 Å². The molecule has 0 aromatic heterocycles. The second kappa shape index (κ2) is 7.92. The number of carbonyl (C=O) groups is 1. The topological polar surface area (TPSA) is 59.6 Å². The van der Waals surface area contributed by atoms with Gasteiger partial charge in [0.1, 0.15) is 6.73 Å². The maximum atomic E-state index is 11.5. The minimum atomic E-state index is -0.335. The van der Waals surface area contributed by atoms with Crippen LogP contribution in [-0.4, -0.2) is 33.1 Å². The molecule has 100 valence electrons. The summed E-state index contributed by atoms with van der Waals surface area (Å²) >= 11 is 5.95. The number of benzene rings is 1. The Bertz CT molecular complexity index is 399. The maximum Gasteiger partial charge on any atom is 0.321 e. The van der Waals surface area contributed by atoms with Crippen molar-refractivity contribution >= 4 is 23.3 Å². The van der Waals surface area contributed by atoms with E-state index < -0.39 is 0 Å². The van der Waals surface area contributed by atoms with E-state index in [2.05, 4.69) is 10.6 Å². The van der Waals surface area contributed by atoms with Crippen LogP contribution >= 0.6 is 11.6 Å². The van der Waals surface area contributed by atoms with Crippen LogP contribution in [0.2, 0.25) is 5.02 Å². The van der Waals surface area contributed by atoms with E-state index >= 15 is 0 Å². The normalized spacial score (nSPS) is 10.2. The number of hydrogen-bond donors (Lipinski definition) is 2. The molecule has 0 bridgehead atoms. The Labute approximate surface area is 111 Å². The molecule has 18 heavy (non-hydrogen) atoms. The fourth-order valence-electron chi connectivity index (χ4n) is 1.24. The van der Waals surface area contributed by atoms with Crippen LogP contribution in [0, 0.1) is 6.92 Å². The number of ether oxygens (including phenoxy) is 2. The first-order valence-corrected chi connectivity index (χ1v) is 5.89. The number of hydrogen-bond acceptors (Lipinski definition) is 3. The molecule has 0 aliphatic carbocycles. The Morgan fingerprint density at radius 2 is 2.17 bits per heavy atom. The first-order valence-electron chi connectivity index (χ1n) is 5.51. The Kier molecular flexibility index (Phi) is 6.49. The largest absolute Gasteiger partial charge is 0.382 e. The van der Waals surface area contributed by atoms with Gasteiger partial charge in [0.2, 0.25) is 0 Å². The van der Waals surface area contributed by atoms with Gasteiger partial charge in [-0.1, -0.05) is 17.7 Å².